The van der Waals surface area contributed by atoms with Gasteiger partial charge in [-0.2, -0.15) is 0 Å². The van der Waals surface area contributed by atoms with Gasteiger partial charge in [-0.05, 0) is 19.4 Å². The molecule has 220 valence electrons. The average molecular weight is 588 g/mol. The number of rotatable bonds is 14. The molecule has 0 spiro atoms. The number of aliphatic hydroxyl groups is 1. The van der Waals surface area contributed by atoms with E-state index in [1.54, 1.807) is 18.4 Å². The maximum absolute atomic E-state index is 10.3. The first-order valence-electron chi connectivity index (χ1n) is 12.6. The summed E-state index contributed by atoms with van der Waals surface area (Å²) in [6.07, 6.45) is 6.60. The Kier molecular flexibility index (Phi) is 11.0. The van der Waals surface area contributed by atoms with E-state index in [4.69, 9.17) is 30.1 Å². The number of hydrogen-bond donors (Lipinski definition) is 4. The highest BCUT2D eigenvalue weighted by molar-refractivity contribution is 7.15. The molecule has 3 heterocycles. The van der Waals surface area contributed by atoms with E-state index < -0.39 is 36.4 Å². The molecule has 41 heavy (non-hydrogen) atoms. The lowest BCUT2D eigenvalue weighted by atomic mass is 9.96. The van der Waals surface area contributed by atoms with Crippen LogP contribution in [0.1, 0.15) is 36.2 Å². The first-order valence-corrected chi connectivity index (χ1v) is 13.5. The van der Waals surface area contributed by atoms with Crippen molar-refractivity contribution in [3.8, 4) is 5.75 Å². The smallest absolute Gasteiger partial charge is 0.336 e. The predicted octanol–water partition coefficient (Wildman–Crippen LogP) is 2.75. The second kappa shape index (κ2) is 14.4. The van der Waals surface area contributed by atoms with E-state index in [1.165, 1.54) is 11.3 Å². The van der Waals surface area contributed by atoms with Crippen molar-refractivity contribution in [3.63, 3.8) is 0 Å². The van der Waals surface area contributed by atoms with Gasteiger partial charge in [0, 0.05) is 55.7 Å². The Hall–Kier alpha value is -4.27. The number of methoxy groups -OCH3 is 1. The van der Waals surface area contributed by atoms with Crippen LogP contribution in [-0.4, -0.2) is 81.4 Å². The molecule has 0 fully saturated rings. The van der Waals surface area contributed by atoms with Crippen molar-refractivity contribution in [1.29, 1.82) is 0 Å². The molecule has 0 aliphatic rings. The fraction of sp³-hybridized carbons (Fsp3) is 0.370. The highest BCUT2D eigenvalue weighted by atomic mass is 32.1. The third-order valence-electron chi connectivity index (χ3n) is 6.26. The van der Waals surface area contributed by atoms with E-state index in [-0.39, 0.29) is 0 Å². The lowest BCUT2D eigenvalue weighted by Gasteiger charge is -2.23. The molecule has 0 unspecified atom stereocenters. The van der Waals surface area contributed by atoms with E-state index in [2.05, 4.69) is 49.5 Å². The number of ether oxygens (including phenoxy) is 1. The SMILES string of the molecule is COc1ccccc1CN(CCCn1ccnc1)Cc1c(C)nc2sccn12.O=C(O)CC(O)(CC(=O)O)C(=O)O. The van der Waals surface area contributed by atoms with Crippen LogP contribution in [0.3, 0.4) is 0 Å². The van der Waals surface area contributed by atoms with Crippen molar-refractivity contribution >= 4 is 34.2 Å². The number of para-hydroxylation sites is 1. The Bertz CT molecular complexity index is 1430. The minimum atomic E-state index is -2.74. The van der Waals surface area contributed by atoms with Crippen LogP contribution in [-0.2, 0) is 34.0 Å². The second-order valence-corrected chi connectivity index (χ2v) is 10.2. The molecule has 0 atom stereocenters. The molecule has 0 bridgehead atoms. The number of aryl methyl sites for hydroxylation is 2. The topological polar surface area (TPSA) is 180 Å². The monoisotopic (exact) mass is 587 g/mol. The molecule has 3 aromatic heterocycles. The van der Waals surface area contributed by atoms with Crippen LogP contribution in [0.15, 0.2) is 54.6 Å². The quantitative estimate of drug-likeness (QED) is 0.170. The first-order chi connectivity index (χ1) is 19.5. The van der Waals surface area contributed by atoms with Crippen molar-refractivity contribution in [3.05, 3.63) is 71.5 Å². The second-order valence-electron chi connectivity index (χ2n) is 9.35. The first kappa shape index (κ1) is 31.3. The number of benzene rings is 1. The van der Waals surface area contributed by atoms with Crippen molar-refractivity contribution in [2.75, 3.05) is 13.7 Å². The normalized spacial score (nSPS) is 11.3. The van der Waals surface area contributed by atoms with Gasteiger partial charge in [0.25, 0.3) is 0 Å². The number of aromatic nitrogens is 4. The summed E-state index contributed by atoms with van der Waals surface area (Å²) < 4.78 is 9.91. The molecule has 0 saturated carbocycles. The molecule has 4 N–H and O–H groups in total. The fourth-order valence-corrected chi connectivity index (χ4v) is 5.02. The number of aliphatic carboxylic acids is 3. The van der Waals surface area contributed by atoms with Gasteiger partial charge in [-0.15, -0.1) is 11.3 Å². The maximum Gasteiger partial charge on any atom is 0.336 e. The molecule has 4 aromatic rings. The summed E-state index contributed by atoms with van der Waals surface area (Å²) in [6.45, 7) is 5.73. The lowest BCUT2D eigenvalue weighted by Crippen LogP contribution is -2.42. The maximum atomic E-state index is 10.3. The number of nitrogens with zero attached hydrogens (tertiary/aromatic N) is 5. The number of thiazole rings is 1. The van der Waals surface area contributed by atoms with Gasteiger partial charge in [0.05, 0.1) is 37.7 Å². The number of fused-ring (bicyclic) bond motifs is 1. The van der Waals surface area contributed by atoms with E-state index >= 15 is 0 Å². The molecule has 13 nitrogen and oxygen atoms in total. The average Bonchev–Trinajstić information content (AvgIpc) is 3.64. The number of imidazole rings is 2. The zero-order valence-corrected chi connectivity index (χ0v) is 23.5. The number of carboxylic acid groups (broad SMARTS) is 3. The summed E-state index contributed by atoms with van der Waals surface area (Å²) in [4.78, 5) is 42.9. The van der Waals surface area contributed by atoms with Crippen molar-refractivity contribution in [2.45, 2.75) is 51.4 Å². The molecule has 0 radical (unpaired) electrons. The van der Waals surface area contributed by atoms with Crippen molar-refractivity contribution in [2.24, 2.45) is 0 Å². The summed E-state index contributed by atoms with van der Waals surface area (Å²) in [6, 6.07) is 8.26. The van der Waals surface area contributed by atoms with Crippen LogP contribution >= 0.6 is 11.3 Å². The minimum Gasteiger partial charge on any atom is -0.496 e. The van der Waals surface area contributed by atoms with Gasteiger partial charge >= 0.3 is 17.9 Å². The van der Waals surface area contributed by atoms with E-state index in [0.717, 1.165) is 49.0 Å². The molecular weight excluding hydrogens is 554 g/mol. The van der Waals surface area contributed by atoms with Crippen LogP contribution < -0.4 is 4.74 Å². The standard InChI is InChI=1S/C21H25N5OS.C6H8O7/c1-17-19(26-12-13-28-21(26)23-17)15-25(10-5-9-24-11-8-22-16-24)14-18-6-3-4-7-20(18)27-2;7-3(8)1-6(13,5(11)12)2-4(9)10/h3-4,6-8,11-13,16H,5,9-10,14-15H2,1-2H3;13H,1-2H2,(H,7,8)(H,9,10)(H,11,12). The van der Waals surface area contributed by atoms with Crippen LogP contribution in [0, 0.1) is 6.92 Å². The Labute approximate surface area is 239 Å². The molecule has 4 rings (SSSR count). The Morgan fingerprint density at radius 3 is 2.39 bits per heavy atom. The third kappa shape index (κ3) is 8.86. The molecule has 1 aromatic carbocycles. The van der Waals surface area contributed by atoms with Gasteiger partial charge in [0.2, 0.25) is 0 Å². The zero-order chi connectivity index (χ0) is 30.0. The minimum absolute atomic E-state index is 0.838. The predicted molar refractivity (Wildman–Crippen MR) is 149 cm³/mol. The van der Waals surface area contributed by atoms with Crippen LogP contribution in [0.25, 0.3) is 4.96 Å². The Morgan fingerprint density at radius 1 is 1.07 bits per heavy atom. The van der Waals surface area contributed by atoms with E-state index in [1.807, 2.05) is 30.9 Å². The summed E-state index contributed by atoms with van der Waals surface area (Å²) in [5.41, 5.74) is 0.828. The Balaban J connectivity index is 0.000000302. The number of carbonyl (C=O) groups is 3. The van der Waals surface area contributed by atoms with Gasteiger partial charge in [0.15, 0.2) is 10.6 Å². The van der Waals surface area contributed by atoms with Crippen LogP contribution in [0.5, 0.6) is 5.75 Å². The van der Waals surface area contributed by atoms with E-state index in [0.29, 0.717) is 0 Å². The molecular formula is C27H33N5O8S. The zero-order valence-electron chi connectivity index (χ0n) is 22.7. The summed E-state index contributed by atoms with van der Waals surface area (Å²) in [5.74, 6) is -4.08. The van der Waals surface area contributed by atoms with Crippen LogP contribution in [0.4, 0.5) is 0 Å². The van der Waals surface area contributed by atoms with Gasteiger partial charge < -0.3 is 29.7 Å². The molecule has 0 aliphatic heterocycles. The van der Waals surface area contributed by atoms with Gasteiger partial charge in [0.1, 0.15) is 5.75 Å². The summed E-state index contributed by atoms with van der Waals surface area (Å²) in [7, 11) is 1.73. The van der Waals surface area contributed by atoms with Gasteiger partial charge in [-0.25, -0.2) is 14.8 Å². The fourth-order valence-electron chi connectivity index (χ4n) is 4.24. The molecule has 0 saturated heterocycles. The lowest BCUT2D eigenvalue weighted by molar-refractivity contribution is -0.170. The summed E-state index contributed by atoms with van der Waals surface area (Å²) >= 11 is 1.68. The van der Waals surface area contributed by atoms with E-state index in [9.17, 15) is 14.4 Å². The highest BCUT2D eigenvalue weighted by Crippen LogP contribution is 2.23. The molecule has 0 aliphatic carbocycles. The van der Waals surface area contributed by atoms with Crippen LogP contribution in [0.2, 0.25) is 0 Å². The molecule has 0 amide bonds. The van der Waals surface area contributed by atoms with Crippen molar-refractivity contribution in [1.82, 2.24) is 23.8 Å². The highest BCUT2D eigenvalue weighted by Gasteiger charge is 2.40. The molecule has 14 heteroatoms. The summed E-state index contributed by atoms with van der Waals surface area (Å²) in [5, 5.41) is 35.9. The van der Waals surface area contributed by atoms with Gasteiger partial charge in [-0.3, -0.25) is 18.9 Å². The van der Waals surface area contributed by atoms with Gasteiger partial charge in [-0.1, -0.05) is 18.2 Å². The largest absolute Gasteiger partial charge is 0.496 e. The number of hydrogen-bond acceptors (Lipinski definition) is 9. The Morgan fingerprint density at radius 2 is 1.78 bits per heavy atom. The third-order valence-corrected chi connectivity index (χ3v) is 7.01. The van der Waals surface area contributed by atoms with Crippen molar-refractivity contribution < 1.29 is 39.5 Å². The number of carboxylic acids is 3.